The van der Waals surface area contributed by atoms with Gasteiger partial charge in [0.2, 0.25) is 0 Å². The molecule has 1 unspecified atom stereocenters. The smallest absolute Gasteiger partial charge is 0.310 e. The first-order chi connectivity index (χ1) is 15.6. The van der Waals surface area contributed by atoms with Crippen LogP contribution in [0.5, 0.6) is 0 Å². The second kappa shape index (κ2) is 27.1. The van der Waals surface area contributed by atoms with Crippen molar-refractivity contribution in [1.82, 2.24) is 0 Å². The summed E-state index contributed by atoms with van der Waals surface area (Å²) in [7, 11) is 0. The fraction of sp³-hybridized carbons (Fsp3) is 1.00. The van der Waals surface area contributed by atoms with E-state index >= 15 is 0 Å². The zero-order valence-electron chi connectivity index (χ0n) is 23.1. The average molecular weight is 461 g/mol. The first-order valence-electron chi connectivity index (χ1n) is 14.1. The van der Waals surface area contributed by atoms with Gasteiger partial charge in [0.25, 0.3) is 0 Å². The van der Waals surface area contributed by atoms with Crippen LogP contribution in [0.1, 0.15) is 145 Å². The topological polar surface area (TPSA) is 36.9 Å². The van der Waals surface area contributed by atoms with Gasteiger partial charge in [-0.2, -0.15) is 0 Å². The van der Waals surface area contributed by atoms with Crippen molar-refractivity contribution in [2.45, 2.75) is 157 Å². The molecule has 0 bridgehead atoms. The van der Waals surface area contributed by atoms with Crippen LogP contribution in [0.2, 0.25) is 0 Å². The van der Waals surface area contributed by atoms with E-state index in [-0.39, 0.29) is 6.10 Å². The van der Waals surface area contributed by atoms with E-state index in [0.717, 1.165) is 12.8 Å². The third-order valence-corrected chi connectivity index (χ3v) is 5.58. The van der Waals surface area contributed by atoms with Crippen molar-refractivity contribution < 1.29 is 18.9 Å². The molecular weight excluding hydrogens is 400 g/mol. The van der Waals surface area contributed by atoms with Gasteiger partial charge in [-0.05, 0) is 34.1 Å². The van der Waals surface area contributed by atoms with Crippen LogP contribution in [0.3, 0.4) is 0 Å². The zero-order chi connectivity index (χ0) is 24.3. The molecule has 1 atom stereocenters. The summed E-state index contributed by atoms with van der Waals surface area (Å²) in [5.74, 6) is -1.06. The molecule has 0 heterocycles. The van der Waals surface area contributed by atoms with E-state index in [0.29, 0.717) is 26.4 Å². The molecule has 0 saturated heterocycles. The van der Waals surface area contributed by atoms with Crippen LogP contribution in [-0.2, 0) is 18.9 Å². The fourth-order valence-corrected chi connectivity index (χ4v) is 3.89. The van der Waals surface area contributed by atoms with Gasteiger partial charge >= 0.3 is 5.97 Å². The van der Waals surface area contributed by atoms with Crippen LogP contribution in [0.4, 0.5) is 0 Å². The lowest BCUT2D eigenvalue weighted by Gasteiger charge is -2.38. The predicted octanol–water partition coefficient (Wildman–Crippen LogP) is 9.05. The lowest BCUT2D eigenvalue weighted by Crippen LogP contribution is -2.51. The van der Waals surface area contributed by atoms with Crippen molar-refractivity contribution in [3.63, 3.8) is 0 Å². The minimum atomic E-state index is -1.06. The maximum Gasteiger partial charge on any atom is 0.310 e. The van der Waals surface area contributed by atoms with Crippen molar-refractivity contribution >= 4 is 0 Å². The molecule has 0 aromatic carbocycles. The Balaban J connectivity index is 0. The molecule has 0 aliphatic heterocycles. The Morgan fingerprint density at radius 3 is 1.09 bits per heavy atom. The van der Waals surface area contributed by atoms with E-state index in [1.54, 1.807) is 0 Å². The number of ether oxygens (including phenoxy) is 4. The van der Waals surface area contributed by atoms with Crippen LogP contribution in [0.25, 0.3) is 0 Å². The first kappa shape index (κ1) is 34.0. The van der Waals surface area contributed by atoms with Gasteiger partial charge in [-0.15, -0.1) is 0 Å². The summed E-state index contributed by atoms with van der Waals surface area (Å²) in [5.41, 5.74) is 0. The monoisotopic (exact) mass is 460 g/mol. The predicted molar refractivity (Wildman–Crippen MR) is 139 cm³/mol. The summed E-state index contributed by atoms with van der Waals surface area (Å²) in [5, 5.41) is 0. The Bertz CT molecular complexity index is 310. The third-order valence-electron chi connectivity index (χ3n) is 5.58. The maximum atomic E-state index is 5.92. The Morgan fingerprint density at radius 1 is 0.438 bits per heavy atom. The standard InChI is InChI=1S/C18H38O4.C10H22/c1-6-11-12-13-14-15-16-17(19-7-2)18(20-8-3,21-9-4)22-10-5;1-3-5-7-9-10-8-6-4-2/h17H,6-16H2,1-5H3;3-10H2,1-2H3. The SMILES string of the molecule is CCCCCCCCC(OCC)C(OCC)(OCC)OCC.CCCCCCCCCC. The fourth-order valence-electron chi connectivity index (χ4n) is 3.89. The zero-order valence-corrected chi connectivity index (χ0v) is 23.1. The number of hydrogen-bond acceptors (Lipinski definition) is 4. The van der Waals surface area contributed by atoms with E-state index in [1.165, 1.54) is 83.5 Å². The van der Waals surface area contributed by atoms with Gasteiger partial charge in [0, 0.05) is 26.4 Å². The summed E-state index contributed by atoms with van der Waals surface area (Å²) < 4.78 is 23.5. The lowest BCUT2D eigenvalue weighted by molar-refractivity contribution is -0.415. The van der Waals surface area contributed by atoms with Gasteiger partial charge in [-0.1, -0.05) is 111 Å². The minimum Gasteiger partial charge on any atom is -0.370 e. The Morgan fingerprint density at radius 2 is 0.781 bits per heavy atom. The molecule has 32 heavy (non-hydrogen) atoms. The molecule has 0 N–H and O–H groups in total. The molecule has 4 heteroatoms. The van der Waals surface area contributed by atoms with Gasteiger partial charge in [-0.25, -0.2) is 0 Å². The highest BCUT2D eigenvalue weighted by Crippen LogP contribution is 2.27. The highest BCUT2D eigenvalue weighted by molar-refractivity contribution is 4.73. The molecule has 0 radical (unpaired) electrons. The molecule has 0 rings (SSSR count). The molecule has 0 amide bonds. The van der Waals surface area contributed by atoms with Crippen LogP contribution < -0.4 is 0 Å². The summed E-state index contributed by atoms with van der Waals surface area (Å²) >= 11 is 0. The molecule has 0 spiro atoms. The lowest BCUT2D eigenvalue weighted by atomic mass is 10.1. The van der Waals surface area contributed by atoms with Gasteiger partial charge in [0.05, 0.1) is 0 Å². The highest BCUT2D eigenvalue weighted by atomic mass is 16.9. The molecule has 0 aromatic rings. The Hall–Kier alpha value is -0.160. The van der Waals surface area contributed by atoms with Gasteiger partial charge in [0.15, 0.2) is 0 Å². The first-order valence-corrected chi connectivity index (χ1v) is 14.1. The maximum absolute atomic E-state index is 5.92. The molecule has 0 fully saturated rings. The largest absolute Gasteiger partial charge is 0.370 e. The molecule has 0 aromatic heterocycles. The quantitative estimate of drug-likeness (QED) is 0.112. The molecule has 196 valence electrons. The van der Waals surface area contributed by atoms with E-state index < -0.39 is 5.97 Å². The highest BCUT2D eigenvalue weighted by Gasteiger charge is 2.42. The number of rotatable bonds is 23. The van der Waals surface area contributed by atoms with Crippen molar-refractivity contribution in [3.05, 3.63) is 0 Å². The van der Waals surface area contributed by atoms with Crippen LogP contribution >= 0.6 is 0 Å². The van der Waals surface area contributed by atoms with Gasteiger partial charge < -0.3 is 18.9 Å². The second-order valence-electron chi connectivity index (χ2n) is 8.52. The van der Waals surface area contributed by atoms with Crippen LogP contribution in [-0.4, -0.2) is 38.5 Å². The van der Waals surface area contributed by atoms with Crippen molar-refractivity contribution in [3.8, 4) is 0 Å². The van der Waals surface area contributed by atoms with Crippen LogP contribution in [0.15, 0.2) is 0 Å². The molecule has 4 nitrogen and oxygen atoms in total. The second-order valence-corrected chi connectivity index (χ2v) is 8.52. The van der Waals surface area contributed by atoms with Gasteiger partial charge in [0.1, 0.15) is 6.10 Å². The summed E-state index contributed by atoms with van der Waals surface area (Å²) in [6, 6.07) is 0. The molecule has 0 aliphatic rings. The molecule has 0 aliphatic carbocycles. The van der Waals surface area contributed by atoms with E-state index in [1.807, 2.05) is 27.7 Å². The van der Waals surface area contributed by atoms with Crippen molar-refractivity contribution in [2.24, 2.45) is 0 Å². The van der Waals surface area contributed by atoms with Crippen molar-refractivity contribution in [2.75, 3.05) is 26.4 Å². The number of unbranched alkanes of at least 4 members (excludes halogenated alkanes) is 12. The van der Waals surface area contributed by atoms with Gasteiger partial charge in [-0.3, -0.25) is 0 Å². The average Bonchev–Trinajstić information content (AvgIpc) is 2.78. The molecule has 0 saturated carbocycles. The van der Waals surface area contributed by atoms with E-state index in [2.05, 4.69) is 20.8 Å². The van der Waals surface area contributed by atoms with E-state index in [9.17, 15) is 0 Å². The van der Waals surface area contributed by atoms with Crippen molar-refractivity contribution in [1.29, 1.82) is 0 Å². The summed E-state index contributed by atoms with van der Waals surface area (Å²) in [6.07, 6.45) is 19.7. The normalized spacial score (nSPS) is 12.5. The molecular formula is C28H60O4. The number of hydrogen-bond donors (Lipinski definition) is 0. The third kappa shape index (κ3) is 19.3. The van der Waals surface area contributed by atoms with E-state index in [4.69, 9.17) is 18.9 Å². The summed E-state index contributed by atoms with van der Waals surface area (Å²) in [6.45, 7) is 16.9. The Kier molecular flexibility index (Phi) is 28.8. The Labute approximate surface area is 202 Å². The summed E-state index contributed by atoms with van der Waals surface area (Å²) in [4.78, 5) is 0. The minimum absolute atomic E-state index is 0.177. The van der Waals surface area contributed by atoms with Crippen LogP contribution in [0, 0.1) is 0 Å².